The number of hydrogen-bond donors (Lipinski definition) is 4. The lowest BCUT2D eigenvalue weighted by atomic mass is 9.43. The number of allylic oxidation sites excluding steroid dienone is 1. The summed E-state index contributed by atoms with van der Waals surface area (Å²) in [4.78, 5) is 36.3. The van der Waals surface area contributed by atoms with E-state index in [1.54, 1.807) is 6.08 Å². The van der Waals surface area contributed by atoms with Crippen LogP contribution in [0.5, 0.6) is 0 Å². The van der Waals surface area contributed by atoms with E-state index in [0.29, 0.717) is 12.8 Å². The Labute approximate surface area is 199 Å². The lowest BCUT2D eigenvalue weighted by molar-refractivity contribution is -0.186. The molecule has 0 amide bonds. The van der Waals surface area contributed by atoms with Crippen molar-refractivity contribution >= 4 is 29.1 Å². The third kappa shape index (κ3) is 3.53. The van der Waals surface area contributed by atoms with Gasteiger partial charge in [0, 0.05) is 23.6 Å². The molecule has 0 aromatic rings. The Hall–Kier alpha value is -1.28. The number of hydrogen-bond acceptors (Lipinski definition) is 6. The Morgan fingerprint density at radius 1 is 1.27 bits per heavy atom. The van der Waals surface area contributed by atoms with Crippen LogP contribution < -0.4 is 0 Å². The van der Waals surface area contributed by atoms with E-state index in [-0.39, 0.29) is 61.6 Å². The summed E-state index contributed by atoms with van der Waals surface area (Å²) in [5, 5.41) is 41.0. The lowest BCUT2D eigenvalue weighted by Crippen LogP contribution is -2.63. The van der Waals surface area contributed by atoms with Gasteiger partial charge in [-0.2, -0.15) is 0 Å². The summed E-state index contributed by atoms with van der Waals surface area (Å²) in [6.07, 6.45) is 3.82. The van der Waals surface area contributed by atoms with Crippen molar-refractivity contribution in [3.05, 3.63) is 11.6 Å². The minimum Gasteiger partial charge on any atom is -0.481 e. The molecule has 3 fully saturated rings. The van der Waals surface area contributed by atoms with Gasteiger partial charge in [-0.25, -0.2) is 0 Å². The van der Waals surface area contributed by atoms with Gasteiger partial charge < -0.3 is 20.4 Å². The van der Waals surface area contributed by atoms with E-state index in [1.807, 2.05) is 6.92 Å². The number of carboxylic acid groups (broad SMARTS) is 1. The van der Waals surface area contributed by atoms with Gasteiger partial charge in [0.1, 0.15) is 12.2 Å². The highest BCUT2D eigenvalue weighted by Gasteiger charge is 2.69. The largest absolute Gasteiger partial charge is 0.481 e. The Bertz CT molecular complexity index is 886. The summed E-state index contributed by atoms with van der Waals surface area (Å²) >= 11 is 6.76. The van der Waals surface area contributed by atoms with Crippen LogP contribution in [0, 0.1) is 34.5 Å². The van der Waals surface area contributed by atoms with Crippen LogP contribution in [0.15, 0.2) is 11.6 Å². The molecule has 0 heterocycles. The number of ketones is 2. The number of aliphatic hydroxyl groups is 3. The van der Waals surface area contributed by atoms with Gasteiger partial charge in [-0.1, -0.05) is 19.4 Å². The molecule has 3 saturated carbocycles. The van der Waals surface area contributed by atoms with E-state index in [2.05, 4.69) is 6.92 Å². The molecule has 4 N–H and O–H groups in total. The first-order valence-corrected chi connectivity index (χ1v) is 12.5. The standard InChI is InChI=1S/C25H35ClO7/c1-23-11-19(29)22-15(16(23)7-8-25(23,33)20(30)12-27)4-3-13-9-14(28)10-17(24(13,22)2)18(26)5-6-21(31)32/h9,15-19,22,27,29,33H,3-8,10-12H2,1-2H3,(H,31,32)/t15-,16-,17?,18?,19-,22+,23-,24+,25-/m0/s1. The van der Waals surface area contributed by atoms with Gasteiger partial charge in [0.25, 0.3) is 0 Å². The van der Waals surface area contributed by atoms with Crippen LogP contribution in [0.2, 0.25) is 0 Å². The maximum Gasteiger partial charge on any atom is 0.303 e. The van der Waals surface area contributed by atoms with Crippen LogP contribution in [0.3, 0.4) is 0 Å². The minimum absolute atomic E-state index is 0.00384. The number of carbonyl (C=O) groups is 3. The molecular weight excluding hydrogens is 448 g/mol. The van der Waals surface area contributed by atoms with Crippen molar-refractivity contribution in [2.45, 2.75) is 82.3 Å². The molecule has 0 aromatic heterocycles. The first-order valence-electron chi connectivity index (χ1n) is 12.0. The summed E-state index contributed by atoms with van der Waals surface area (Å²) in [5.74, 6) is -2.00. The first-order chi connectivity index (χ1) is 15.4. The molecule has 0 spiro atoms. The van der Waals surface area contributed by atoms with Crippen LogP contribution in [0.4, 0.5) is 0 Å². The number of aliphatic hydroxyl groups excluding tert-OH is 2. The van der Waals surface area contributed by atoms with Crippen molar-refractivity contribution < 1.29 is 34.8 Å². The number of fused-ring (bicyclic) bond motifs is 5. The predicted octanol–water partition coefficient (Wildman–Crippen LogP) is 2.48. The zero-order chi connectivity index (χ0) is 24.3. The number of carboxylic acids is 1. The second-order valence-electron chi connectivity index (χ2n) is 11.2. The van der Waals surface area contributed by atoms with Crippen molar-refractivity contribution in [1.29, 1.82) is 0 Å². The molecule has 4 aliphatic rings. The second-order valence-corrected chi connectivity index (χ2v) is 11.7. The average Bonchev–Trinajstić information content (AvgIpc) is 3.02. The van der Waals surface area contributed by atoms with E-state index >= 15 is 0 Å². The second kappa shape index (κ2) is 8.43. The third-order valence-corrected chi connectivity index (χ3v) is 10.5. The molecule has 8 heteroatoms. The van der Waals surface area contributed by atoms with E-state index < -0.39 is 46.3 Å². The first kappa shape index (κ1) is 24.8. The molecule has 184 valence electrons. The van der Waals surface area contributed by atoms with Crippen molar-refractivity contribution in [3.8, 4) is 0 Å². The number of aliphatic carboxylic acids is 1. The molecule has 0 aromatic carbocycles. The summed E-state index contributed by atoms with van der Waals surface area (Å²) in [6, 6.07) is 0. The van der Waals surface area contributed by atoms with E-state index in [9.17, 15) is 29.7 Å². The molecule has 33 heavy (non-hydrogen) atoms. The third-order valence-electron chi connectivity index (χ3n) is 9.94. The fourth-order valence-corrected chi connectivity index (χ4v) is 8.82. The van der Waals surface area contributed by atoms with E-state index in [1.165, 1.54) is 0 Å². The number of carbonyl (C=O) groups excluding carboxylic acids is 2. The summed E-state index contributed by atoms with van der Waals surface area (Å²) in [6.45, 7) is 3.20. The number of rotatable bonds is 6. The van der Waals surface area contributed by atoms with Crippen molar-refractivity contribution in [1.82, 2.24) is 0 Å². The van der Waals surface area contributed by atoms with Crippen LogP contribution in [0.1, 0.15) is 65.2 Å². The Morgan fingerprint density at radius 3 is 2.61 bits per heavy atom. The van der Waals surface area contributed by atoms with E-state index in [4.69, 9.17) is 16.7 Å². The molecular formula is C25H35ClO7. The Kier molecular flexibility index (Phi) is 6.35. The molecule has 0 saturated heterocycles. The maximum atomic E-state index is 12.6. The fourth-order valence-electron chi connectivity index (χ4n) is 8.36. The van der Waals surface area contributed by atoms with Crippen LogP contribution in [-0.4, -0.2) is 61.7 Å². The Morgan fingerprint density at radius 2 is 1.97 bits per heavy atom. The molecule has 2 unspecified atom stereocenters. The van der Waals surface area contributed by atoms with Gasteiger partial charge in [-0.3, -0.25) is 14.4 Å². The van der Waals surface area contributed by atoms with Crippen molar-refractivity contribution in [3.63, 3.8) is 0 Å². The monoisotopic (exact) mass is 482 g/mol. The smallest absolute Gasteiger partial charge is 0.303 e. The van der Waals surface area contributed by atoms with Crippen LogP contribution in [-0.2, 0) is 14.4 Å². The Balaban J connectivity index is 1.73. The molecule has 7 nitrogen and oxygen atoms in total. The predicted molar refractivity (Wildman–Crippen MR) is 121 cm³/mol. The van der Waals surface area contributed by atoms with Gasteiger partial charge >= 0.3 is 5.97 Å². The van der Waals surface area contributed by atoms with Gasteiger partial charge in [0.05, 0.1) is 6.10 Å². The molecule has 4 aliphatic carbocycles. The molecule has 9 atom stereocenters. The highest BCUT2D eigenvalue weighted by Crippen LogP contribution is 2.69. The lowest BCUT2D eigenvalue weighted by Gasteiger charge is -2.62. The molecule has 0 aliphatic heterocycles. The highest BCUT2D eigenvalue weighted by atomic mass is 35.5. The number of halogens is 1. The number of Topliss-reactive ketones (excluding diaryl/α,β-unsaturated/α-hetero) is 1. The zero-order valence-electron chi connectivity index (χ0n) is 19.3. The summed E-state index contributed by atoms with van der Waals surface area (Å²) in [5.41, 5.74) is -2.08. The average molecular weight is 483 g/mol. The van der Waals surface area contributed by atoms with Crippen LogP contribution in [0.25, 0.3) is 0 Å². The summed E-state index contributed by atoms with van der Waals surface area (Å²) < 4.78 is 0. The molecule has 4 rings (SSSR count). The van der Waals surface area contributed by atoms with Crippen LogP contribution >= 0.6 is 11.6 Å². The fraction of sp³-hybridized carbons (Fsp3) is 0.800. The van der Waals surface area contributed by atoms with Gasteiger partial charge in [-0.15, -0.1) is 11.6 Å². The SMILES string of the molecule is C[C@]12C[C@H](O)[C@H]3[C@@H](CCC4=CC(=O)CC(C(Cl)CCC(=O)O)[C@@]43C)[C@@H]1CC[C@]2(O)C(=O)CO. The van der Waals surface area contributed by atoms with Crippen molar-refractivity contribution in [2.75, 3.05) is 6.61 Å². The zero-order valence-corrected chi connectivity index (χ0v) is 20.1. The highest BCUT2D eigenvalue weighted by molar-refractivity contribution is 6.21. The normalized spacial score (nSPS) is 45.5. The van der Waals surface area contributed by atoms with Crippen molar-refractivity contribution in [2.24, 2.45) is 34.5 Å². The van der Waals surface area contributed by atoms with Gasteiger partial charge in [-0.05, 0) is 73.7 Å². The van der Waals surface area contributed by atoms with Gasteiger partial charge in [0.2, 0.25) is 0 Å². The van der Waals surface area contributed by atoms with E-state index in [0.717, 1.165) is 12.0 Å². The molecule has 0 bridgehead atoms. The maximum absolute atomic E-state index is 12.6. The quantitative estimate of drug-likeness (QED) is 0.427. The molecule has 0 radical (unpaired) electrons. The topological polar surface area (TPSA) is 132 Å². The summed E-state index contributed by atoms with van der Waals surface area (Å²) in [7, 11) is 0. The minimum atomic E-state index is -1.66. The van der Waals surface area contributed by atoms with Gasteiger partial charge in [0.15, 0.2) is 11.6 Å². The number of alkyl halides is 1.